The lowest BCUT2D eigenvalue weighted by atomic mass is 10.3. The van der Waals surface area contributed by atoms with E-state index in [1.54, 1.807) is 6.92 Å². The highest BCUT2D eigenvalue weighted by Gasteiger charge is 2.18. The van der Waals surface area contributed by atoms with Crippen LogP contribution in [0.5, 0.6) is 0 Å². The molecule has 1 atom stereocenters. The van der Waals surface area contributed by atoms with Crippen molar-refractivity contribution in [1.82, 2.24) is 19.7 Å². The number of aromatic amines is 1. The summed E-state index contributed by atoms with van der Waals surface area (Å²) in [6.07, 6.45) is 1.35. The Kier molecular flexibility index (Phi) is 5.04. The molecule has 0 aliphatic rings. The number of nitrogens with one attached hydrogen (secondary N) is 1. The van der Waals surface area contributed by atoms with Crippen LogP contribution < -0.4 is 10.7 Å². The third-order valence-electron chi connectivity index (χ3n) is 3.65. The first kappa shape index (κ1) is 19.1. The van der Waals surface area contributed by atoms with E-state index < -0.39 is 26.8 Å². The lowest BCUT2D eigenvalue weighted by Crippen LogP contribution is -2.17. The highest BCUT2D eigenvalue weighted by molar-refractivity contribution is 8.00. The zero-order valence-electron chi connectivity index (χ0n) is 14.2. The van der Waals surface area contributed by atoms with E-state index in [-0.39, 0.29) is 21.1 Å². The van der Waals surface area contributed by atoms with Crippen molar-refractivity contribution in [2.75, 3.05) is 7.11 Å². The Morgan fingerprint density at radius 1 is 1.33 bits per heavy atom. The molecule has 1 aromatic carbocycles. The first-order chi connectivity index (χ1) is 12.7. The van der Waals surface area contributed by atoms with Crippen molar-refractivity contribution in [1.29, 1.82) is 0 Å². The fourth-order valence-electron chi connectivity index (χ4n) is 2.30. The van der Waals surface area contributed by atoms with Crippen LogP contribution in [0.25, 0.3) is 16.7 Å². The van der Waals surface area contributed by atoms with Crippen molar-refractivity contribution in [3.8, 4) is 5.69 Å². The summed E-state index contributed by atoms with van der Waals surface area (Å²) in [6, 6.07) is 5.67. The zero-order valence-corrected chi connectivity index (χ0v) is 15.9. The Hall–Kier alpha value is -2.70. The second-order valence-electron chi connectivity index (χ2n) is 5.49. The molecule has 12 heteroatoms. The normalized spacial score (nSPS) is 12.9. The maximum Gasteiger partial charge on any atom is 0.318 e. The molecule has 3 rings (SSSR count). The molecular weight excluding hydrogens is 394 g/mol. The lowest BCUT2D eigenvalue weighted by Gasteiger charge is -2.08. The number of thioether (sulfide) groups is 1. The summed E-state index contributed by atoms with van der Waals surface area (Å²) in [5.41, 5.74) is 0.348. The monoisotopic (exact) mass is 409 g/mol. The van der Waals surface area contributed by atoms with E-state index in [0.717, 1.165) is 11.8 Å². The largest absolute Gasteiger partial charge is 0.468 e. The average molecular weight is 409 g/mol. The van der Waals surface area contributed by atoms with Crippen molar-refractivity contribution in [3.63, 3.8) is 0 Å². The predicted molar refractivity (Wildman–Crippen MR) is 98.2 cm³/mol. The molecule has 1 unspecified atom stereocenters. The van der Waals surface area contributed by atoms with E-state index in [2.05, 4.69) is 19.8 Å². The summed E-state index contributed by atoms with van der Waals surface area (Å²) in [7, 11) is -2.54. The van der Waals surface area contributed by atoms with Gasteiger partial charge < -0.3 is 9.72 Å². The molecule has 0 aliphatic carbocycles. The van der Waals surface area contributed by atoms with Gasteiger partial charge in [0.1, 0.15) is 10.6 Å². The molecule has 0 radical (unpaired) electrons. The number of ether oxygens (including phenoxy) is 1. The zero-order chi connectivity index (χ0) is 19.8. The fraction of sp³-hybridized carbons (Fsp3) is 0.200. The van der Waals surface area contributed by atoms with E-state index in [0.29, 0.717) is 5.69 Å². The van der Waals surface area contributed by atoms with Crippen LogP contribution in [0, 0.1) is 0 Å². The Labute approximate surface area is 157 Å². The molecule has 10 nitrogen and oxygen atoms in total. The summed E-state index contributed by atoms with van der Waals surface area (Å²) in [5, 5.41) is 9.14. The van der Waals surface area contributed by atoms with Crippen LogP contribution in [-0.4, -0.2) is 46.5 Å². The minimum atomic E-state index is -3.82. The van der Waals surface area contributed by atoms with Crippen LogP contribution in [0.2, 0.25) is 0 Å². The standard InChI is InChI=1S/C15H15N5O5S2/c1-8(14(22)25-2)26-15-18-12-11(13(21)19-15)7-17-20(12)9-3-5-10(6-4-9)27(16,23)24/h3-8H,1-2H3,(H2,16,23,24)(H,18,19,21). The number of nitrogens with two attached hydrogens (primary N) is 1. The summed E-state index contributed by atoms with van der Waals surface area (Å²) < 4.78 is 28.8. The Bertz CT molecular complexity index is 1170. The smallest absolute Gasteiger partial charge is 0.318 e. The van der Waals surface area contributed by atoms with Crippen molar-refractivity contribution in [2.24, 2.45) is 5.14 Å². The summed E-state index contributed by atoms with van der Waals surface area (Å²) in [6.45, 7) is 1.63. The molecule has 0 aliphatic heterocycles. The Morgan fingerprint density at radius 3 is 2.59 bits per heavy atom. The quantitative estimate of drug-likeness (QED) is 0.349. The number of primary sulfonamides is 1. The number of carbonyl (C=O) groups is 1. The molecule has 2 aromatic heterocycles. The van der Waals surface area contributed by atoms with E-state index in [1.165, 1.54) is 42.3 Å². The molecule has 0 bridgehead atoms. The first-order valence-corrected chi connectivity index (χ1v) is 9.99. The van der Waals surface area contributed by atoms with E-state index in [4.69, 9.17) is 5.14 Å². The second-order valence-corrected chi connectivity index (χ2v) is 8.38. The van der Waals surface area contributed by atoms with Gasteiger partial charge in [0, 0.05) is 0 Å². The van der Waals surface area contributed by atoms with Crippen LogP contribution in [-0.2, 0) is 19.6 Å². The van der Waals surface area contributed by atoms with Crippen molar-refractivity contribution < 1.29 is 17.9 Å². The van der Waals surface area contributed by atoms with Crippen molar-refractivity contribution >= 4 is 38.8 Å². The summed E-state index contributed by atoms with van der Waals surface area (Å²) >= 11 is 1.04. The maximum absolute atomic E-state index is 12.3. The van der Waals surface area contributed by atoms with Crippen LogP contribution in [0.3, 0.4) is 0 Å². The van der Waals surface area contributed by atoms with Gasteiger partial charge in [-0.25, -0.2) is 23.2 Å². The number of nitrogens with zero attached hydrogens (tertiary/aromatic N) is 3. The molecular formula is C15H15N5O5S2. The summed E-state index contributed by atoms with van der Waals surface area (Å²) in [5.74, 6) is -0.449. The third kappa shape index (κ3) is 3.86. The molecule has 0 saturated heterocycles. The van der Waals surface area contributed by atoms with Crippen molar-refractivity contribution in [3.05, 3.63) is 40.8 Å². The van der Waals surface area contributed by atoms with Crippen LogP contribution in [0.1, 0.15) is 6.92 Å². The van der Waals surface area contributed by atoms with Gasteiger partial charge in [-0.2, -0.15) is 5.10 Å². The molecule has 27 heavy (non-hydrogen) atoms. The van der Waals surface area contributed by atoms with E-state index in [1.807, 2.05) is 0 Å². The highest BCUT2D eigenvalue weighted by Crippen LogP contribution is 2.22. The molecule has 0 amide bonds. The lowest BCUT2D eigenvalue weighted by molar-refractivity contribution is -0.139. The Morgan fingerprint density at radius 2 is 2.00 bits per heavy atom. The molecule has 3 aromatic rings. The van der Waals surface area contributed by atoms with Crippen LogP contribution in [0.15, 0.2) is 45.3 Å². The number of hydrogen-bond donors (Lipinski definition) is 2. The number of H-pyrrole nitrogens is 1. The van der Waals surface area contributed by atoms with E-state index in [9.17, 15) is 18.0 Å². The first-order valence-electron chi connectivity index (χ1n) is 7.56. The number of hydrogen-bond acceptors (Lipinski definition) is 8. The highest BCUT2D eigenvalue weighted by atomic mass is 32.2. The average Bonchev–Trinajstić information content (AvgIpc) is 3.04. The fourth-order valence-corrected chi connectivity index (χ4v) is 3.64. The van der Waals surface area contributed by atoms with Crippen LogP contribution >= 0.6 is 11.8 Å². The summed E-state index contributed by atoms with van der Waals surface area (Å²) in [4.78, 5) is 30.8. The molecule has 3 N–H and O–H groups in total. The van der Waals surface area contributed by atoms with Gasteiger partial charge in [0.25, 0.3) is 5.56 Å². The minimum Gasteiger partial charge on any atom is -0.468 e. The van der Waals surface area contributed by atoms with Gasteiger partial charge in [-0.15, -0.1) is 0 Å². The number of fused-ring (bicyclic) bond motifs is 1. The predicted octanol–water partition coefficient (Wildman–Crippen LogP) is 0.410. The van der Waals surface area contributed by atoms with Crippen LogP contribution in [0.4, 0.5) is 0 Å². The molecule has 0 spiro atoms. The molecule has 142 valence electrons. The number of rotatable bonds is 5. The third-order valence-corrected chi connectivity index (χ3v) is 5.54. The van der Waals surface area contributed by atoms with Gasteiger partial charge in [-0.1, -0.05) is 11.8 Å². The molecule has 0 fully saturated rings. The number of sulfonamides is 1. The molecule has 2 heterocycles. The number of carbonyl (C=O) groups excluding carboxylic acids is 1. The van der Waals surface area contributed by atoms with Gasteiger partial charge in [-0.05, 0) is 31.2 Å². The van der Waals surface area contributed by atoms with Gasteiger partial charge >= 0.3 is 5.97 Å². The van der Waals surface area contributed by atoms with Crippen molar-refractivity contribution in [2.45, 2.75) is 22.2 Å². The number of aromatic nitrogens is 4. The van der Waals surface area contributed by atoms with Gasteiger partial charge in [-0.3, -0.25) is 9.59 Å². The number of methoxy groups -OCH3 is 1. The number of benzene rings is 1. The van der Waals surface area contributed by atoms with E-state index >= 15 is 0 Å². The topological polar surface area (TPSA) is 150 Å². The minimum absolute atomic E-state index is 0.0448. The molecule has 0 saturated carbocycles. The Balaban J connectivity index is 2.05. The SMILES string of the molecule is COC(=O)C(C)Sc1nc2c(cnn2-c2ccc(S(N)(=O)=O)cc2)c(=O)[nH]1. The van der Waals surface area contributed by atoms with Gasteiger partial charge in [0.15, 0.2) is 10.8 Å². The van der Waals surface area contributed by atoms with Gasteiger partial charge in [0.2, 0.25) is 10.0 Å². The van der Waals surface area contributed by atoms with Gasteiger partial charge in [0.05, 0.1) is 23.9 Å². The number of esters is 1. The second kappa shape index (κ2) is 7.13. The maximum atomic E-state index is 12.3.